The molecule has 0 aliphatic carbocycles. The van der Waals surface area contributed by atoms with Crippen molar-refractivity contribution in [1.82, 2.24) is 9.97 Å². The number of fused-ring (bicyclic) bond motifs is 2. The molecule has 0 unspecified atom stereocenters. The summed E-state index contributed by atoms with van der Waals surface area (Å²) in [6, 6.07) is 15.0. The van der Waals surface area contributed by atoms with Crippen molar-refractivity contribution in [3.63, 3.8) is 0 Å². The number of H-pyrrole nitrogens is 1. The van der Waals surface area contributed by atoms with Crippen LogP contribution in [0.3, 0.4) is 0 Å². The van der Waals surface area contributed by atoms with E-state index in [-0.39, 0.29) is 31.4 Å². The molecular formula is C24H19N3O6S. The minimum Gasteiger partial charge on any atom is -0.455 e. The molecule has 2 aromatic carbocycles. The van der Waals surface area contributed by atoms with E-state index in [2.05, 4.69) is 15.1 Å². The van der Waals surface area contributed by atoms with Gasteiger partial charge in [-0.05, 0) is 30.7 Å². The van der Waals surface area contributed by atoms with E-state index in [0.29, 0.717) is 27.4 Å². The zero-order valence-electron chi connectivity index (χ0n) is 18.1. The van der Waals surface area contributed by atoms with Crippen molar-refractivity contribution >= 4 is 33.2 Å². The summed E-state index contributed by atoms with van der Waals surface area (Å²) in [6.07, 6.45) is 0. The molecule has 10 heteroatoms. The normalized spacial score (nSPS) is 12.7. The van der Waals surface area contributed by atoms with Gasteiger partial charge in [0.2, 0.25) is 13.4 Å². The number of thiophene rings is 1. The highest BCUT2D eigenvalue weighted by Gasteiger charge is 2.15. The average molecular weight is 477 g/mol. The number of hydrogen-bond donors (Lipinski definition) is 1. The van der Waals surface area contributed by atoms with Crippen LogP contribution in [0.15, 0.2) is 63.9 Å². The van der Waals surface area contributed by atoms with E-state index in [1.807, 2.05) is 41.8 Å². The molecule has 0 atom stereocenters. The quantitative estimate of drug-likeness (QED) is 0.244. The topological polar surface area (TPSA) is 112 Å². The Bertz CT molecular complexity index is 1440. The van der Waals surface area contributed by atoms with E-state index in [9.17, 15) is 9.59 Å². The predicted octanol–water partition coefficient (Wildman–Crippen LogP) is 3.86. The highest BCUT2D eigenvalue weighted by atomic mass is 32.1. The number of rotatable bonds is 7. The molecule has 9 nitrogen and oxygen atoms in total. The third-order valence-electron chi connectivity index (χ3n) is 5.12. The number of oxime groups is 1. The fourth-order valence-corrected chi connectivity index (χ4v) is 4.41. The minimum absolute atomic E-state index is 0.184. The van der Waals surface area contributed by atoms with Gasteiger partial charge in [0, 0.05) is 16.5 Å². The van der Waals surface area contributed by atoms with Gasteiger partial charge in [0.05, 0.1) is 11.1 Å². The highest BCUT2D eigenvalue weighted by molar-refractivity contribution is 7.17. The molecule has 5 rings (SSSR count). The van der Waals surface area contributed by atoms with Gasteiger partial charge in [-0.2, -0.15) is 0 Å². The van der Waals surface area contributed by atoms with Gasteiger partial charge in [0.15, 0.2) is 11.5 Å². The highest BCUT2D eigenvalue weighted by Crippen LogP contribution is 2.33. The van der Waals surface area contributed by atoms with E-state index in [0.717, 1.165) is 16.7 Å². The number of aromatic amines is 1. The number of hydrogen-bond acceptors (Lipinski definition) is 9. The molecule has 0 amide bonds. The second kappa shape index (κ2) is 9.36. The van der Waals surface area contributed by atoms with Crippen LogP contribution in [0.25, 0.3) is 21.3 Å². The molecule has 2 aromatic heterocycles. The van der Waals surface area contributed by atoms with Gasteiger partial charge >= 0.3 is 5.97 Å². The molecular weight excluding hydrogens is 458 g/mol. The van der Waals surface area contributed by atoms with Crippen LogP contribution < -0.4 is 15.0 Å². The molecule has 4 aromatic rings. The zero-order valence-corrected chi connectivity index (χ0v) is 18.9. The van der Waals surface area contributed by atoms with Crippen molar-refractivity contribution in [3.8, 4) is 22.6 Å². The molecule has 0 fully saturated rings. The summed E-state index contributed by atoms with van der Waals surface area (Å²) >= 11 is 1.36. The summed E-state index contributed by atoms with van der Waals surface area (Å²) in [5.74, 6) is 0.921. The molecule has 1 aliphatic heterocycles. The lowest BCUT2D eigenvalue weighted by atomic mass is 10.1. The second-order valence-corrected chi connectivity index (χ2v) is 8.25. The van der Waals surface area contributed by atoms with Gasteiger partial charge in [0.25, 0.3) is 5.56 Å². The third-order valence-corrected chi connectivity index (χ3v) is 5.99. The van der Waals surface area contributed by atoms with Gasteiger partial charge in [-0.1, -0.05) is 35.5 Å². The number of carbonyl (C=O) groups excluding carboxylic acids is 1. The number of esters is 1. The number of carbonyl (C=O) groups is 1. The molecule has 0 saturated carbocycles. The molecule has 34 heavy (non-hydrogen) atoms. The van der Waals surface area contributed by atoms with E-state index in [1.165, 1.54) is 11.3 Å². The zero-order chi connectivity index (χ0) is 23.5. The van der Waals surface area contributed by atoms with Crippen molar-refractivity contribution in [2.45, 2.75) is 13.5 Å². The smallest absolute Gasteiger partial charge is 0.347 e. The molecule has 1 N–H and O–H groups in total. The molecule has 1 aliphatic rings. The number of ether oxygens (including phenoxy) is 3. The number of aromatic nitrogens is 2. The first-order chi connectivity index (χ1) is 16.6. The van der Waals surface area contributed by atoms with Crippen molar-refractivity contribution in [3.05, 3.63) is 75.7 Å². The first-order valence-electron chi connectivity index (χ1n) is 10.4. The van der Waals surface area contributed by atoms with E-state index in [4.69, 9.17) is 19.0 Å². The molecule has 3 heterocycles. The first-order valence-corrected chi connectivity index (χ1v) is 11.2. The maximum atomic E-state index is 12.7. The van der Waals surface area contributed by atoms with Crippen LogP contribution in [0.2, 0.25) is 0 Å². The van der Waals surface area contributed by atoms with Crippen molar-refractivity contribution in [2.24, 2.45) is 5.16 Å². The lowest BCUT2D eigenvalue weighted by Crippen LogP contribution is -2.16. The van der Waals surface area contributed by atoms with Crippen LogP contribution in [-0.2, 0) is 21.0 Å². The maximum Gasteiger partial charge on any atom is 0.347 e. The number of nitrogens with one attached hydrogen (secondary N) is 1. The van der Waals surface area contributed by atoms with Gasteiger partial charge in [-0.3, -0.25) is 4.79 Å². The SMILES string of the molecule is C/C(=N/OCC(=O)OCc1nc2scc(-c3ccccc3)c2c(=O)[nH]1)c1ccc2c(c1)OCO2. The maximum absolute atomic E-state index is 12.7. The van der Waals surface area contributed by atoms with Gasteiger partial charge < -0.3 is 24.0 Å². The fraction of sp³-hybridized carbons (Fsp3) is 0.167. The molecule has 0 saturated heterocycles. The lowest BCUT2D eigenvalue weighted by molar-refractivity contribution is -0.150. The lowest BCUT2D eigenvalue weighted by Gasteiger charge is -2.05. The second-order valence-electron chi connectivity index (χ2n) is 7.39. The van der Waals surface area contributed by atoms with Crippen LogP contribution >= 0.6 is 11.3 Å². The van der Waals surface area contributed by atoms with E-state index < -0.39 is 5.97 Å². The Hall–Kier alpha value is -4.18. The molecule has 0 spiro atoms. The van der Waals surface area contributed by atoms with Crippen molar-refractivity contribution < 1.29 is 23.8 Å². The summed E-state index contributed by atoms with van der Waals surface area (Å²) in [4.78, 5) is 37.5. The Morgan fingerprint density at radius 1 is 1.18 bits per heavy atom. The first kappa shape index (κ1) is 21.7. The summed E-state index contributed by atoms with van der Waals surface area (Å²) in [5, 5.41) is 6.36. The summed E-state index contributed by atoms with van der Waals surface area (Å²) in [6.45, 7) is 1.37. The largest absolute Gasteiger partial charge is 0.455 e. The fourth-order valence-electron chi connectivity index (χ4n) is 3.44. The Morgan fingerprint density at radius 3 is 2.85 bits per heavy atom. The van der Waals surface area contributed by atoms with E-state index >= 15 is 0 Å². The van der Waals surface area contributed by atoms with Gasteiger partial charge in [0.1, 0.15) is 17.3 Å². The molecule has 0 radical (unpaired) electrons. The standard InChI is InChI=1S/C24H19N3O6S/c1-14(16-7-8-18-19(9-16)32-13-31-18)27-33-11-21(28)30-10-20-25-23(29)22-17(12-34-24(22)26-20)15-5-3-2-4-6-15/h2-9,12H,10-11,13H2,1H3,(H,25,26,29)/b27-14-. The average Bonchev–Trinajstić information content (AvgIpc) is 3.50. The van der Waals surface area contributed by atoms with E-state index in [1.54, 1.807) is 19.1 Å². The Balaban J connectivity index is 1.19. The summed E-state index contributed by atoms with van der Waals surface area (Å²) in [7, 11) is 0. The third kappa shape index (κ3) is 4.48. The van der Waals surface area contributed by atoms with Gasteiger partial charge in [-0.15, -0.1) is 11.3 Å². The van der Waals surface area contributed by atoms with Crippen LogP contribution in [0.5, 0.6) is 11.5 Å². The van der Waals surface area contributed by atoms with Crippen molar-refractivity contribution in [2.75, 3.05) is 13.4 Å². The summed E-state index contributed by atoms with van der Waals surface area (Å²) in [5.41, 5.74) is 2.82. The number of benzene rings is 2. The predicted molar refractivity (Wildman–Crippen MR) is 126 cm³/mol. The van der Waals surface area contributed by atoms with Crippen LogP contribution in [0, 0.1) is 0 Å². The Morgan fingerprint density at radius 2 is 2.00 bits per heavy atom. The van der Waals surface area contributed by atoms with Gasteiger partial charge in [-0.25, -0.2) is 9.78 Å². The van der Waals surface area contributed by atoms with Crippen molar-refractivity contribution in [1.29, 1.82) is 0 Å². The van der Waals surface area contributed by atoms with Crippen LogP contribution in [-0.4, -0.2) is 35.0 Å². The monoisotopic (exact) mass is 477 g/mol. The molecule has 172 valence electrons. The molecule has 0 bridgehead atoms. The number of nitrogens with zero attached hydrogens (tertiary/aromatic N) is 2. The summed E-state index contributed by atoms with van der Waals surface area (Å²) < 4.78 is 15.8. The minimum atomic E-state index is -0.638. The Kier molecular flexibility index (Phi) is 5.96. The van der Waals surface area contributed by atoms with Crippen LogP contribution in [0.1, 0.15) is 18.3 Å². The Labute approximate surface area is 197 Å². The van der Waals surface area contributed by atoms with Crippen LogP contribution in [0.4, 0.5) is 0 Å².